The number of amides is 2. The van der Waals surface area contributed by atoms with Gasteiger partial charge in [0.1, 0.15) is 11.1 Å². The zero-order chi connectivity index (χ0) is 20.1. The van der Waals surface area contributed by atoms with Crippen LogP contribution in [0.2, 0.25) is 0 Å². The smallest absolute Gasteiger partial charge is 0.260 e. The number of hydrogen-bond donors (Lipinski definition) is 2. The molecule has 0 aliphatic carbocycles. The summed E-state index contributed by atoms with van der Waals surface area (Å²) in [5.74, 6) is -1.17. The summed E-state index contributed by atoms with van der Waals surface area (Å²) < 4.78 is 5.72. The Morgan fingerprint density at radius 2 is 1.71 bits per heavy atom. The van der Waals surface area contributed by atoms with Gasteiger partial charge in [0.2, 0.25) is 11.3 Å². The predicted molar refractivity (Wildman–Crippen MR) is 109 cm³/mol. The van der Waals surface area contributed by atoms with Crippen LogP contribution in [0.5, 0.6) is 0 Å². The molecule has 1 aromatic heterocycles. The Morgan fingerprint density at radius 1 is 1.00 bits per heavy atom. The molecule has 0 saturated carbocycles. The average molecular weight is 378 g/mol. The Morgan fingerprint density at radius 3 is 2.43 bits per heavy atom. The molecule has 0 aliphatic heterocycles. The van der Waals surface area contributed by atoms with E-state index in [4.69, 9.17) is 4.42 Å². The molecule has 0 saturated heterocycles. The van der Waals surface area contributed by atoms with E-state index in [2.05, 4.69) is 10.6 Å². The number of benzene rings is 2. The number of carbonyl (C=O) groups is 2. The van der Waals surface area contributed by atoms with Crippen LogP contribution in [0.3, 0.4) is 0 Å². The van der Waals surface area contributed by atoms with Crippen LogP contribution in [0, 0.1) is 6.92 Å². The molecule has 0 fully saturated rings. The second kappa shape index (κ2) is 8.52. The van der Waals surface area contributed by atoms with Crippen molar-refractivity contribution in [1.29, 1.82) is 0 Å². The van der Waals surface area contributed by atoms with Crippen LogP contribution < -0.4 is 16.1 Å². The molecule has 1 heterocycles. The van der Waals surface area contributed by atoms with Crippen LogP contribution in [-0.2, 0) is 0 Å². The summed E-state index contributed by atoms with van der Waals surface area (Å²) in [7, 11) is 0. The summed E-state index contributed by atoms with van der Waals surface area (Å²) in [5.41, 5.74) is 1.05. The number of fused-ring (bicyclic) bond motifs is 1. The van der Waals surface area contributed by atoms with E-state index in [0.717, 1.165) is 18.4 Å². The standard InChI is InChI=1S/C22H22N2O4/c1-3-4-13-23-21(27)18-19(25)16-7-5-6-8-17(16)28-22(18)24-20(26)15-11-9-14(2)10-12-15/h5-12H,3-4,13H2,1-2H3,(H,23,27)(H,24,26). The molecule has 0 spiro atoms. The molecule has 0 radical (unpaired) electrons. The van der Waals surface area contributed by atoms with Crippen molar-refractivity contribution in [3.63, 3.8) is 0 Å². The molecule has 2 amide bonds. The van der Waals surface area contributed by atoms with Gasteiger partial charge in [-0.1, -0.05) is 43.2 Å². The van der Waals surface area contributed by atoms with E-state index in [0.29, 0.717) is 17.7 Å². The quantitative estimate of drug-likeness (QED) is 0.637. The molecular formula is C22H22N2O4. The molecule has 0 aliphatic rings. The number of anilines is 1. The number of nitrogens with one attached hydrogen (secondary N) is 2. The highest BCUT2D eigenvalue weighted by Crippen LogP contribution is 2.21. The van der Waals surface area contributed by atoms with Crippen molar-refractivity contribution >= 4 is 28.7 Å². The molecule has 3 rings (SSSR count). The van der Waals surface area contributed by atoms with Gasteiger partial charge in [-0.15, -0.1) is 0 Å². The van der Waals surface area contributed by atoms with Crippen molar-refractivity contribution in [3.05, 3.63) is 75.4 Å². The van der Waals surface area contributed by atoms with Gasteiger partial charge in [0.05, 0.1) is 5.39 Å². The van der Waals surface area contributed by atoms with E-state index >= 15 is 0 Å². The van der Waals surface area contributed by atoms with E-state index in [1.807, 2.05) is 26.0 Å². The Kier molecular flexibility index (Phi) is 5.89. The molecule has 6 heteroatoms. The lowest BCUT2D eigenvalue weighted by molar-refractivity contribution is 0.0951. The molecule has 3 aromatic rings. The zero-order valence-corrected chi connectivity index (χ0v) is 15.9. The lowest BCUT2D eigenvalue weighted by Gasteiger charge is -2.11. The van der Waals surface area contributed by atoms with Gasteiger partial charge in [-0.25, -0.2) is 0 Å². The van der Waals surface area contributed by atoms with Crippen LogP contribution in [0.25, 0.3) is 11.0 Å². The SMILES string of the molecule is CCCCNC(=O)c1c(NC(=O)c2ccc(C)cc2)oc2ccccc2c1=O. The maximum absolute atomic E-state index is 12.9. The first-order valence-corrected chi connectivity index (χ1v) is 9.23. The molecule has 6 nitrogen and oxygen atoms in total. The molecule has 0 bridgehead atoms. The Hall–Kier alpha value is -3.41. The summed E-state index contributed by atoms with van der Waals surface area (Å²) in [4.78, 5) is 38.2. The fourth-order valence-corrected chi connectivity index (χ4v) is 2.78. The lowest BCUT2D eigenvalue weighted by Crippen LogP contribution is -2.31. The van der Waals surface area contributed by atoms with Crippen LogP contribution in [0.1, 0.15) is 46.0 Å². The molecule has 28 heavy (non-hydrogen) atoms. The van der Waals surface area contributed by atoms with Crippen LogP contribution in [0.4, 0.5) is 5.88 Å². The molecule has 144 valence electrons. The van der Waals surface area contributed by atoms with Crippen molar-refractivity contribution < 1.29 is 14.0 Å². The number of hydrogen-bond acceptors (Lipinski definition) is 4. The molecule has 2 aromatic carbocycles. The lowest BCUT2D eigenvalue weighted by atomic mass is 10.1. The van der Waals surface area contributed by atoms with Gasteiger partial charge in [0, 0.05) is 12.1 Å². The summed E-state index contributed by atoms with van der Waals surface area (Å²) >= 11 is 0. The van der Waals surface area contributed by atoms with Crippen molar-refractivity contribution in [2.24, 2.45) is 0 Å². The van der Waals surface area contributed by atoms with Crippen LogP contribution in [0.15, 0.2) is 57.7 Å². The minimum Gasteiger partial charge on any atom is -0.439 e. The van der Waals surface area contributed by atoms with Gasteiger partial charge < -0.3 is 9.73 Å². The zero-order valence-electron chi connectivity index (χ0n) is 15.9. The first-order chi connectivity index (χ1) is 13.5. The molecule has 0 unspecified atom stereocenters. The summed E-state index contributed by atoms with van der Waals surface area (Å²) in [6.07, 6.45) is 1.69. The minimum atomic E-state index is -0.563. The van der Waals surface area contributed by atoms with Crippen LogP contribution in [-0.4, -0.2) is 18.4 Å². The van der Waals surface area contributed by atoms with Crippen molar-refractivity contribution in [3.8, 4) is 0 Å². The van der Waals surface area contributed by atoms with Gasteiger partial charge in [-0.2, -0.15) is 0 Å². The normalized spacial score (nSPS) is 10.6. The van der Waals surface area contributed by atoms with Gasteiger partial charge >= 0.3 is 0 Å². The van der Waals surface area contributed by atoms with Gasteiger partial charge in [0.15, 0.2) is 0 Å². The minimum absolute atomic E-state index is 0.150. The number of carbonyl (C=O) groups excluding carboxylic acids is 2. The van der Waals surface area contributed by atoms with Crippen molar-refractivity contribution in [2.45, 2.75) is 26.7 Å². The largest absolute Gasteiger partial charge is 0.439 e. The van der Waals surface area contributed by atoms with E-state index in [-0.39, 0.29) is 16.8 Å². The van der Waals surface area contributed by atoms with Crippen molar-refractivity contribution in [1.82, 2.24) is 5.32 Å². The van der Waals surface area contributed by atoms with E-state index in [9.17, 15) is 14.4 Å². The van der Waals surface area contributed by atoms with E-state index in [1.165, 1.54) is 0 Å². The van der Waals surface area contributed by atoms with E-state index < -0.39 is 17.2 Å². The Labute approximate surface area is 162 Å². The average Bonchev–Trinajstić information content (AvgIpc) is 2.69. The first kappa shape index (κ1) is 19.4. The van der Waals surface area contributed by atoms with Gasteiger partial charge in [-0.3, -0.25) is 19.7 Å². The highest BCUT2D eigenvalue weighted by molar-refractivity contribution is 6.08. The highest BCUT2D eigenvalue weighted by atomic mass is 16.4. The second-order valence-electron chi connectivity index (χ2n) is 6.56. The molecule has 2 N–H and O–H groups in total. The third-order valence-corrected chi connectivity index (χ3v) is 4.38. The van der Waals surface area contributed by atoms with Gasteiger partial charge in [-0.05, 0) is 37.6 Å². The summed E-state index contributed by atoms with van der Waals surface area (Å²) in [6.45, 7) is 4.36. The fraction of sp³-hybridized carbons (Fsp3) is 0.227. The monoisotopic (exact) mass is 378 g/mol. The predicted octanol–water partition coefficient (Wildman–Crippen LogP) is 3.88. The Bertz CT molecular complexity index is 1070. The Balaban J connectivity index is 2.02. The maximum Gasteiger partial charge on any atom is 0.260 e. The second-order valence-corrected chi connectivity index (χ2v) is 6.56. The number of aryl methyl sites for hydroxylation is 1. The third-order valence-electron chi connectivity index (χ3n) is 4.38. The van der Waals surface area contributed by atoms with E-state index in [1.54, 1.807) is 36.4 Å². The molecule has 0 atom stereocenters. The van der Waals surface area contributed by atoms with Gasteiger partial charge in [0.25, 0.3) is 11.8 Å². The van der Waals surface area contributed by atoms with Crippen molar-refractivity contribution in [2.75, 3.05) is 11.9 Å². The third kappa shape index (κ3) is 4.11. The summed E-state index contributed by atoms with van der Waals surface area (Å²) in [5, 5.41) is 5.59. The number of para-hydroxylation sites is 1. The fourth-order valence-electron chi connectivity index (χ4n) is 2.78. The highest BCUT2D eigenvalue weighted by Gasteiger charge is 2.22. The summed E-state index contributed by atoms with van der Waals surface area (Å²) in [6, 6.07) is 13.6. The molecular weight excluding hydrogens is 356 g/mol. The topological polar surface area (TPSA) is 88.4 Å². The first-order valence-electron chi connectivity index (χ1n) is 9.23. The number of rotatable bonds is 6. The maximum atomic E-state index is 12.9. The van der Waals surface area contributed by atoms with Crippen LogP contribution >= 0.6 is 0 Å². The number of unbranched alkanes of at least 4 members (excludes halogenated alkanes) is 1.